The number of hydrogen-bond acceptors (Lipinski definition) is 6. The van der Waals surface area contributed by atoms with E-state index in [1.54, 1.807) is 16.8 Å². The molecule has 0 amide bonds. The second-order valence-electron chi connectivity index (χ2n) is 5.79. The van der Waals surface area contributed by atoms with Crippen molar-refractivity contribution in [1.82, 2.24) is 14.7 Å². The zero-order valence-corrected chi connectivity index (χ0v) is 15.6. The topological polar surface area (TPSA) is 68.3 Å². The largest absolute Gasteiger partial charge is 0.409 e. The Morgan fingerprint density at radius 1 is 1.50 bits per heavy atom. The summed E-state index contributed by atoms with van der Waals surface area (Å²) in [7, 11) is -2.93. The average molecular weight is 388 g/mol. The third-order valence-corrected chi connectivity index (χ3v) is 6.40. The highest BCUT2D eigenvalue weighted by Crippen LogP contribution is 2.22. The molecule has 1 aliphatic heterocycles. The van der Waals surface area contributed by atoms with Gasteiger partial charge in [0.25, 0.3) is 4.84 Å². The highest BCUT2D eigenvalue weighted by atomic mass is 35.5. The number of nitrogens with zero attached hydrogens (tertiary/aromatic N) is 3. The molecule has 1 aromatic heterocycles. The van der Waals surface area contributed by atoms with Crippen LogP contribution in [0.15, 0.2) is 28.7 Å². The van der Waals surface area contributed by atoms with E-state index in [0.717, 1.165) is 5.56 Å². The lowest BCUT2D eigenvalue weighted by molar-refractivity contribution is 0.162. The smallest absolute Gasteiger partial charge is 0.288 e. The van der Waals surface area contributed by atoms with Crippen molar-refractivity contribution in [2.75, 3.05) is 18.1 Å². The van der Waals surface area contributed by atoms with Gasteiger partial charge in [0.05, 0.1) is 18.2 Å². The molecule has 24 heavy (non-hydrogen) atoms. The molecule has 0 bridgehead atoms. The predicted octanol–water partition coefficient (Wildman–Crippen LogP) is 2.99. The number of sulfone groups is 1. The van der Waals surface area contributed by atoms with Gasteiger partial charge in [-0.25, -0.2) is 13.1 Å². The Bertz CT molecular complexity index is 891. The van der Waals surface area contributed by atoms with Crippen molar-refractivity contribution < 1.29 is 12.8 Å². The molecule has 1 fully saturated rings. The normalized spacial score (nSPS) is 19.9. The van der Waals surface area contributed by atoms with Crippen LogP contribution in [0.3, 0.4) is 0 Å². The highest BCUT2D eigenvalue weighted by molar-refractivity contribution is 7.91. The molecular weight excluding hydrogens is 370 g/mol. The van der Waals surface area contributed by atoms with Crippen molar-refractivity contribution in [2.24, 2.45) is 0 Å². The number of rotatable bonds is 5. The molecule has 1 aromatic carbocycles. The Labute approximate surface area is 150 Å². The van der Waals surface area contributed by atoms with E-state index in [-0.39, 0.29) is 22.4 Å². The first kappa shape index (κ1) is 17.6. The standard InChI is InChI=1S/C15H18ClN3O3S2/c1-2-18(13-6-7-24(20,21)9-13)10-19-15(23)22-14(17-19)11-4-3-5-12(16)8-11/h3-5,8,13H,2,6-7,9-10H2,1H3/t13-/m1/s1. The van der Waals surface area contributed by atoms with Crippen LogP contribution in [0.4, 0.5) is 0 Å². The van der Waals surface area contributed by atoms with Gasteiger partial charge in [0.15, 0.2) is 9.84 Å². The number of aromatic nitrogens is 2. The third-order valence-electron chi connectivity index (χ3n) is 4.12. The van der Waals surface area contributed by atoms with E-state index in [9.17, 15) is 8.42 Å². The molecule has 0 N–H and O–H groups in total. The Balaban J connectivity index is 1.81. The van der Waals surface area contributed by atoms with Crippen LogP contribution in [0.1, 0.15) is 13.3 Å². The number of hydrogen-bond donors (Lipinski definition) is 0. The summed E-state index contributed by atoms with van der Waals surface area (Å²) in [6, 6.07) is 7.19. The summed E-state index contributed by atoms with van der Waals surface area (Å²) >= 11 is 11.2. The summed E-state index contributed by atoms with van der Waals surface area (Å²) < 4.78 is 30.6. The summed E-state index contributed by atoms with van der Waals surface area (Å²) in [6.07, 6.45) is 0.641. The maximum atomic E-state index is 11.7. The second-order valence-corrected chi connectivity index (χ2v) is 8.80. The molecule has 2 heterocycles. The van der Waals surface area contributed by atoms with Gasteiger partial charge in [-0.1, -0.05) is 24.6 Å². The minimum absolute atomic E-state index is 0.00628. The minimum Gasteiger partial charge on any atom is -0.409 e. The van der Waals surface area contributed by atoms with Gasteiger partial charge in [-0.3, -0.25) is 4.90 Å². The van der Waals surface area contributed by atoms with Crippen LogP contribution < -0.4 is 0 Å². The van der Waals surface area contributed by atoms with Crippen molar-refractivity contribution in [2.45, 2.75) is 26.1 Å². The lowest BCUT2D eigenvalue weighted by Crippen LogP contribution is -2.37. The van der Waals surface area contributed by atoms with E-state index in [1.807, 2.05) is 19.1 Å². The van der Waals surface area contributed by atoms with E-state index >= 15 is 0 Å². The molecule has 1 aliphatic rings. The van der Waals surface area contributed by atoms with Gasteiger partial charge in [0, 0.05) is 16.6 Å². The predicted molar refractivity (Wildman–Crippen MR) is 95.2 cm³/mol. The second kappa shape index (κ2) is 6.95. The van der Waals surface area contributed by atoms with Crippen molar-refractivity contribution in [1.29, 1.82) is 0 Å². The third kappa shape index (κ3) is 3.88. The zero-order chi connectivity index (χ0) is 17.3. The van der Waals surface area contributed by atoms with Gasteiger partial charge in [0.1, 0.15) is 0 Å². The van der Waals surface area contributed by atoms with Gasteiger partial charge in [0.2, 0.25) is 5.89 Å². The average Bonchev–Trinajstić information content (AvgIpc) is 3.07. The fraction of sp³-hybridized carbons (Fsp3) is 0.467. The SMILES string of the molecule is CCN(Cn1nc(-c2cccc(Cl)c2)oc1=S)[C@@H]1CCS(=O)(=O)C1. The van der Waals surface area contributed by atoms with Gasteiger partial charge in [-0.05, 0) is 43.4 Å². The molecule has 9 heteroatoms. The monoisotopic (exact) mass is 387 g/mol. The highest BCUT2D eigenvalue weighted by Gasteiger charge is 2.32. The maximum absolute atomic E-state index is 11.7. The first-order valence-corrected chi connectivity index (χ1v) is 10.3. The van der Waals surface area contributed by atoms with Gasteiger partial charge in [-0.2, -0.15) is 0 Å². The first-order valence-electron chi connectivity index (χ1n) is 7.66. The Morgan fingerprint density at radius 3 is 2.92 bits per heavy atom. The van der Waals surface area contributed by atoms with Crippen LogP contribution in [0.5, 0.6) is 0 Å². The van der Waals surface area contributed by atoms with E-state index < -0.39 is 9.84 Å². The first-order chi connectivity index (χ1) is 11.4. The van der Waals surface area contributed by atoms with Crippen LogP contribution in [-0.4, -0.2) is 47.2 Å². The van der Waals surface area contributed by atoms with Crippen LogP contribution >= 0.6 is 23.8 Å². The molecule has 3 rings (SSSR count). The Kier molecular flexibility index (Phi) is 5.10. The molecule has 1 saturated heterocycles. The van der Waals surface area contributed by atoms with E-state index in [2.05, 4.69) is 10.00 Å². The number of halogens is 1. The quantitative estimate of drug-likeness (QED) is 0.734. The molecule has 0 unspecified atom stereocenters. The van der Waals surface area contributed by atoms with Crippen molar-refractivity contribution >= 4 is 33.7 Å². The minimum atomic E-state index is -2.93. The van der Waals surface area contributed by atoms with Crippen LogP contribution in [0.25, 0.3) is 11.5 Å². The Hall–Kier alpha value is -1.22. The summed E-state index contributed by atoms with van der Waals surface area (Å²) in [5.74, 6) is 0.830. The zero-order valence-electron chi connectivity index (χ0n) is 13.2. The number of benzene rings is 1. The summed E-state index contributed by atoms with van der Waals surface area (Å²) in [5.41, 5.74) is 0.749. The molecule has 1 atom stereocenters. The fourth-order valence-electron chi connectivity index (χ4n) is 2.84. The van der Waals surface area contributed by atoms with Gasteiger partial charge >= 0.3 is 0 Å². The van der Waals surface area contributed by atoms with Gasteiger partial charge in [-0.15, -0.1) is 5.10 Å². The lowest BCUT2D eigenvalue weighted by Gasteiger charge is -2.25. The van der Waals surface area contributed by atoms with E-state index in [0.29, 0.717) is 30.5 Å². The molecule has 0 saturated carbocycles. The van der Waals surface area contributed by atoms with Crippen molar-refractivity contribution in [3.05, 3.63) is 34.1 Å². The molecule has 2 aromatic rings. The van der Waals surface area contributed by atoms with Gasteiger partial charge < -0.3 is 4.42 Å². The molecule has 6 nitrogen and oxygen atoms in total. The summed E-state index contributed by atoms with van der Waals surface area (Å²) in [5, 5.41) is 5.00. The summed E-state index contributed by atoms with van der Waals surface area (Å²) in [6.45, 7) is 3.10. The van der Waals surface area contributed by atoms with E-state index in [4.69, 9.17) is 28.2 Å². The van der Waals surface area contributed by atoms with Crippen LogP contribution in [-0.2, 0) is 16.5 Å². The Morgan fingerprint density at radius 2 is 2.29 bits per heavy atom. The molecular formula is C15H18ClN3O3S2. The van der Waals surface area contributed by atoms with Crippen molar-refractivity contribution in [3.8, 4) is 11.5 Å². The van der Waals surface area contributed by atoms with Crippen LogP contribution in [0, 0.1) is 4.84 Å². The molecule has 0 spiro atoms. The summed E-state index contributed by atoms with van der Waals surface area (Å²) in [4.78, 5) is 2.31. The lowest BCUT2D eigenvalue weighted by atomic mass is 10.2. The van der Waals surface area contributed by atoms with E-state index in [1.165, 1.54) is 0 Å². The maximum Gasteiger partial charge on any atom is 0.288 e. The molecule has 0 aliphatic carbocycles. The molecule has 130 valence electrons. The fourth-order valence-corrected chi connectivity index (χ4v) is 4.97. The van der Waals surface area contributed by atoms with Crippen molar-refractivity contribution in [3.63, 3.8) is 0 Å². The van der Waals surface area contributed by atoms with Crippen LogP contribution in [0.2, 0.25) is 5.02 Å². The molecule has 0 radical (unpaired) electrons.